The molecule has 12 heteroatoms. The fraction of sp³-hybridized carbons (Fsp3) is 0.417. The van der Waals surface area contributed by atoms with Crippen LogP contribution in [0.4, 0.5) is 5.69 Å². The summed E-state index contributed by atoms with van der Waals surface area (Å²) in [5, 5.41) is 3.87. The van der Waals surface area contributed by atoms with E-state index in [1.807, 2.05) is 6.92 Å². The van der Waals surface area contributed by atoms with E-state index in [1.54, 1.807) is 25.1 Å². The summed E-state index contributed by atoms with van der Waals surface area (Å²) in [6.45, 7) is 3.53. The number of benzene rings is 2. The zero-order chi connectivity index (χ0) is 27.0. The Morgan fingerprint density at radius 1 is 1.00 bits per heavy atom. The fourth-order valence-electron chi connectivity index (χ4n) is 3.56. The normalized spacial score (nSPS) is 12.2. The van der Waals surface area contributed by atoms with Crippen molar-refractivity contribution < 1.29 is 18.0 Å². The van der Waals surface area contributed by atoms with Crippen LogP contribution in [-0.4, -0.2) is 50.5 Å². The number of carbonyl (C=O) groups excluding carboxylic acids is 2. The molecule has 36 heavy (non-hydrogen) atoms. The van der Waals surface area contributed by atoms with E-state index >= 15 is 0 Å². The van der Waals surface area contributed by atoms with Gasteiger partial charge in [-0.25, -0.2) is 8.42 Å². The minimum atomic E-state index is -3.94. The van der Waals surface area contributed by atoms with Crippen LogP contribution < -0.4 is 9.62 Å². The molecule has 0 heterocycles. The van der Waals surface area contributed by atoms with Crippen LogP contribution in [0, 0.1) is 0 Å². The Morgan fingerprint density at radius 3 is 2.17 bits per heavy atom. The van der Waals surface area contributed by atoms with Crippen LogP contribution in [0.5, 0.6) is 0 Å². The van der Waals surface area contributed by atoms with Gasteiger partial charge in [-0.2, -0.15) is 0 Å². The molecular formula is C24H29Cl4N3O4S. The summed E-state index contributed by atoms with van der Waals surface area (Å²) in [6, 6.07) is 8.32. The lowest BCUT2D eigenvalue weighted by Gasteiger charge is -2.33. The van der Waals surface area contributed by atoms with Crippen LogP contribution in [0.2, 0.25) is 20.1 Å². The van der Waals surface area contributed by atoms with Crippen molar-refractivity contribution in [2.24, 2.45) is 0 Å². The second kappa shape index (κ2) is 13.7. The average molecular weight is 597 g/mol. The highest BCUT2D eigenvalue weighted by Crippen LogP contribution is 2.31. The number of hydrogen-bond donors (Lipinski definition) is 1. The Balaban J connectivity index is 2.50. The first-order valence-corrected chi connectivity index (χ1v) is 14.7. The number of carbonyl (C=O) groups is 2. The molecule has 0 aliphatic carbocycles. The zero-order valence-corrected chi connectivity index (χ0v) is 24.1. The van der Waals surface area contributed by atoms with E-state index in [0.717, 1.165) is 23.4 Å². The Bertz CT molecular complexity index is 1170. The van der Waals surface area contributed by atoms with Crippen molar-refractivity contribution in [1.82, 2.24) is 10.2 Å². The van der Waals surface area contributed by atoms with Crippen LogP contribution in [0.25, 0.3) is 0 Å². The summed E-state index contributed by atoms with van der Waals surface area (Å²) in [7, 11) is -3.94. The third-order valence-corrected chi connectivity index (χ3v) is 7.84. The Morgan fingerprint density at radius 2 is 1.64 bits per heavy atom. The summed E-state index contributed by atoms with van der Waals surface area (Å²) in [5.74, 6) is -0.974. The van der Waals surface area contributed by atoms with Crippen molar-refractivity contribution in [2.45, 2.75) is 45.7 Å². The molecule has 0 bridgehead atoms. The minimum absolute atomic E-state index is 0.0609. The summed E-state index contributed by atoms with van der Waals surface area (Å²) in [4.78, 5) is 28.1. The number of halogens is 4. The van der Waals surface area contributed by atoms with Gasteiger partial charge in [0.2, 0.25) is 21.8 Å². The van der Waals surface area contributed by atoms with E-state index in [2.05, 4.69) is 5.32 Å². The molecule has 0 aromatic heterocycles. The van der Waals surface area contributed by atoms with Gasteiger partial charge in [-0.1, -0.05) is 72.7 Å². The lowest BCUT2D eigenvalue weighted by Crippen LogP contribution is -2.52. The molecule has 1 atom stereocenters. The van der Waals surface area contributed by atoms with Gasteiger partial charge in [0.1, 0.15) is 12.6 Å². The van der Waals surface area contributed by atoms with Gasteiger partial charge >= 0.3 is 0 Å². The molecule has 0 aliphatic heterocycles. The van der Waals surface area contributed by atoms with Gasteiger partial charge in [-0.15, -0.1) is 0 Å². The van der Waals surface area contributed by atoms with Crippen LogP contribution in [0.3, 0.4) is 0 Å². The van der Waals surface area contributed by atoms with E-state index in [9.17, 15) is 18.0 Å². The Hall–Kier alpha value is -1.71. The number of rotatable bonds is 12. The zero-order valence-electron chi connectivity index (χ0n) is 20.2. The second-order valence-corrected chi connectivity index (χ2v) is 11.7. The van der Waals surface area contributed by atoms with E-state index in [0.29, 0.717) is 27.2 Å². The van der Waals surface area contributed by atoms with E-state index in [4.69, 9.17) is 46.4 Å². The summed E-state index contributed by atoms with van der Waals surface area (Å²) in [5.41, 5.74) is 0.539. The molecule has 2 rings (SSSR count). The number of nitrogens with one attached hydrogen (secondary N) is 1. The fourth-order valence-corrected chi connectivity index (χ4v) is 5.50. The van der Waals surface area contributed by atoms with Gasteiger partial charge in [0, 0.05) is 33.7 Å². The molecule has 2 aromatic carbocycles. The Kier molecular flexibility index (Phi) is 11.6. The van der Waals surface area contributed by atoms with Crippen molar-refractivity contribution in [3.05, 3.63) is 62.1 Å². The van der Waals surface area contributed by atoms with Crippen LogP contribution in [-0.2, 0) is 26.2 Å². The lowest BCUT2D eigenvalue weighted by atomic mass is 10.1. The standard InChI is InChI=1S/C24H29Cl4N3O4S/c1-4-6-12-29-24(33)21(5-2)30(14-17-18(26)8-7-9-19(17)27)23(32)15-31(36(3,34)35)22-11-10-16(25)13-20(22)28/h7-11,13,21H,4-6,12,14-15H2,1-3H3,(H,29,33)/t21-/m0/s1. The molecule has 0 spiro atoms. The molecule has 1 N–H and O–H groups in total. The predicted molar refractivity (Wildman–Crippen MR) is 148 cm³/mol. The lowest BCUT2D eigenvalue weighted by molar-refractivity contribution is -0.140. The summed E-state index contributed by atoms with van der Waals surface area (Å²) < 4.78 is 26.3. The average Bonchev–Trinajstić information content (AvgIpc) is 2.79. The number of anilines is 1. The number of amides is 2. The predicted octanol–water partition coefficient (Wildman–Crippen LogP) is 5.79. The maximum absolute atomic E-state index is 13.7. The van der Waals surface area contributed by atoms with Crippen LogP contribution in [0.1, 0.15) is 38.7 Å². The second-order valence-electron chi connectivity index (χ2n) is 8.16. The van der Waals surface area contributed by atoms with Gasteiger partial charge in [0.15, 0.2) is 0 Å². The highest BCUT2D eigenvalue weighted by molar-refractivity contribution is 7.92. The van der Waals surface area contributed by atoms with Gasteiger partial charge < -0.3 is 10.2 Å². The first-order chi connectivity index (χ1) is 16.9. The number of sulfonamides is 1. The highest BCUT2D eigenvalue weighted by atomic mass is 35.5. The first-order valence-electron chi connectivity index (χ1n) is 11.3. The van der Waals surface area contributed by atoms with Gasteiger partial charge in [0.05, 0.1) is 17.0 Å². The van der Waals surface area contributed by atoms with Crippen LogP contribution in [0.15, 0.2) is 36.4 Å². The number of hydrogen-bond acceptors (Lipinski definition) is 4. The van der Waals surface area contributed by atoms with Crippen molar-refractivity contribution in [2.75, 3.05) is 23.7 Å². The van der Waals surface area contributed by atoms with Gasteiger partial charge in [-0.05, 0) is 43.2 Å². The summed E-state index contributed by atoms with van der Waals surface area (Å²) >= 11 is 24.9. The molecule has 0 saturated carbocycles. The van der Waals surface area contributed by atoms with Crippen LogP contribution >= 0.6 is 46.4 Å². The van der Waals surface area contributed by atoms with Crippen molar-refractivity contribution in [3.8, 4) is 0 Å². The number of unbranched alkanes of at least 4 members (excludes halogenated alkanes) is 1. The molecule has 198 valence electrons. The molecule has 0 fully saturated rings. The minimum Gasteiger partial charge on any atom is -0.354 e. The van der Waals surface area contributed by atoms with Gasteiger partial charge in [0.25, 0.3) is 0 Å². The smallest absolute Gasteiger partial charge is 0.244 e. The molecule has 2 aromatic rings. The topological polar surface area (TPSA) is 86.8 Å². The third-order valence-electron chi connectivity index (χ3n) is 5.46. The maximum atomic E-state index is 13.7. The third kappa shape index (κ3) is 8.15. The monoisotopic (exact) mass is 595 g/mol. The molecule has 2 amide bonds. The quantitative estimate of drug-likeness (QED) is 0.314. The first kappa shape index (κ1) is 30.5. The SMILES string of the molecule is CCCCNC(=O)[C@H](CC)N(Cc1c(Cl)cccc1Cl)C(=O)CN(c1ccc(Cl)cc1Cl)S(C)(=O)=O. The largest absolute Gasteiger partial charge is 0.354 e. The van der Waals surface area contributed by atoms with Crippen molar-refractivity contribution in [1.29, 1.82) is 0 Å². The highest BCUT2D eigenvalue weighted by Gasteiger charge is 2.33. The molecule has 0 saturated heterocycles. The molecular weight excluding hydrogens is 568 g/mol. The molecule has 7 nitrogen and oxygen atoms in total. The summed E-state index contributed by atoms with van der Waals surface area (Å²) in [6.07, 6.45) is 2.92. The van der Waals surface area contributed by atoms with Crippen molar-refractivity contribution in [3.63, 3.8) is 0 Å². The molecule has 0 radical (unpaired) electrons. The Labute approximate surface area is 232 Å². The molecule has 0 aliphatic rings. The van der Waals surface area contributed by atoms with E-state index in [-0.39, 0.29) is 29.6 Å². The maximum Gasteiger partial charge on any atom is 0.244 e. The van der Waals surface area contributed by atoms with Gasteiger partial charge in [-0.3, -0.25) is 13.9 Å². The van der Waals surface area contributed by atoms with E-state index in [1.165, 1.54) is 23.1 Å². The number of nitrogens with zero attached hydrogens (tertiary/aromatic N) is 2. The van der Waals surface area contributed by atoms with Crippen molar-refractivity contribution >= 4 is 73.9 Å². The molecule has 0 unspecified atom stereocenters. The van der Waals surface area contributed by atoms with E-state index < -0.39 is 28.5 Å².